The van der Waals surface area contributed by atoms with Crippen LogP contribution in [0.1, 0.15) is 12.8 Å². The first kappa shape index (κ1) is 12.9. The van der Waals surface area contributed by atoms with Crippen molar-refractivity contribution in [3.8, 4) is 5.75 Å². The molecule has 1 aliphatic heterocycles. The van der Waals surface area contributed by atoms with Crippen molar-refractivity contribution in [2.75, 3.05) is 32.9 Å². The molecule has 1 heterocycles. The Labute approximate surface area is 107 Å². The van der Waals surface area contributed by atoms with Gasteiger partial charge in [0.25, 0.3) is 0 Å². The third-order valence-electron chi connectivity index (χ3n) is 2.86. The molecule has 4 heteroatoms. The van der Waals surface area contributed by atoms with Crippen LogP contribution in [-0.2, 0) is 9.53 Å². The molecule has 0 spiro atoms. The van der Waals surface area contributed by atoms with E-state index in [1.165, 1.54) is 0 Å². The number of nitrogens with zero attached hydrogens (tertiary/aromatic N) is 1. The first-order chi connectivity index (χ1) is 8.86. The van der Waals surface area contributed by atoms with Crippen molar-refractivity contribution in [2.24, 2.45) is 0 Å². The van der Waals surface area contributed by atoms with Crippen molar-refractivity contribution in [1.82, 2.24) is 4.90 Å². The quantitative estimate of drug-likeness (QED) is 0.741. The van der Waals surface area contributed by atoms with Crippen molar-refractivity contribution in [2.45, 2.75) is 12.8 Å². The predicted octanol–water partition coefficient (Wildman–Crippen LogP) is 1.50. The highest BCUT2D eigenvalue weighted by Gasteiger charge is 2.15. The number of hydrogen-bond acceptors (Lipinski definition) is 3. The fourth-order valence-electron chi connectivity index (χ4n) is 1.85. The Morgan fingerprint density at radius 1 is 1.33 bits per heavy atom. The van der Waals surface area contributed by atoms with Crippen LogP contribution in [-0.4, -0.2) is 43.7 Å². The summed E-state index contributed by atoms with van der Waals surface area (Å²) in [4.78, 5) is 13.7. The van der Waals surface area contributed by atoms with Crippen LogP contribution in [0.2, 0.25) is 0 Å². The Bertz CT molecular complexity index is 361. The van der Waals surface area contributed by atoms with E-state index in [-0.39, 0.29) is 5.91 Å². The minimum absolute atomic E-state index is 0.197. The van der Waals surface area contributed by atoms with E-state index in [1.54, 1.807) is 0 Å². The molecule has 0 atom stereocenters. The molecule has 4 nitrogen and oxygen atoms in total. The summed E-state index contributed by atoms with van der Waals surface area (Å²) in [6, 6.07) is 10.3. The lowest BCUT2D eigenvalue weighted by Crippen LogP contribution is -2.40. The minimum atomic E-state index is 0.197. The largest absolute Gasteiger partial charge is 0.494 e. The second-order valence-electron chi connectivity index (χ2n) is 4.18. The van der Waals surface area contributed by atoms with Crippen LogP contribution in [0.3, 0.4) is 0 Å². The maximum absolute atomic E-state index is 11.8. The molecular weight excluding hydrogens is 230 g/mol. The summed E-state index contributed by atoms with van der Waals surface area (Å²) in [6.07, 6.45) is 1.29. The van der Waals surface area contributed by atoms with E-state index >= 15 is 0 Å². The Morgan fingerprint density at radius 3 is 2.78 bits per heavy atom. The van der Waals surface area contributed by atoms with Gasteiger partial charge in [-0.2, -0.15) is 0 Å². The zero-order chi connectivity index (χ0) is 12.6. The van der Waals surface area contributed by atoms with Crippen molar-refractivity contribution < 1.29 is 14.3 Å². The number of ether oxygens (including phenoxy) is 2. The Hall–Kier alpha value is -1.55. The van der Waals surface area contributed by atoms with Crippen LogP contribution >= 0.6 is 0 Å². The number of hydrogen-bond donors (Lipinski definition) is 0. The van der Waals surface area contributed by atoms with E-state index in [2.05, 4.69) is 6.07 Å². The van der Waals surface area contributed by atoms with Crippen LogP contribution in [0.5, 0.6) is 5.75 Å². The van der Waals surface area contributed by atoms with E-state index < -0.39 is 0 Å². The molecule has 1 amide bonds. The second kappa shape index (κ2) is 7.01. The van der Waals surface area contributed by atoms with Gasteiger partial charge in [0.1, 0.15) is 5.75 Å². The fourth-order valence-corrected chi connectivity index (χ4v) is 1.85. The van der Waals surface area contributed by atoms with Gasteiger partial charge < -0.3 is 14.4 Å². The highest BCUT2D eigenvalue weighted by Crippen LogP contribution is 2.09. The maximum Gasteiger partial charge on any atom is 0.222 e. The number of benzene rings is 1. The van der Waals surface area contributed by atoms with E-state index in [4.69, 9.17) is 9.47 Å². The second-order valence-corrected chi connectivity index (χ2v) is 4.18. The number of carbonyl (C=O) groups excluding carboxylic acids is 1. The number of rotatable bonds is 5. The number of carbonyl (C=O) groups is 1. The molecule has 18 heavy (non-hydrogen) atoms. The van der Waals surface area contributed by atoms with Gasteiger partial charge in [-0.05, 0) is 24.6 Å². The lowest BCUT2D eigenvalue weighted by molar-refractivity contribution is -0.135. The molecule has 0 saturated carbocycles. The fraction of sp³-hybridized carbons (Fsp3) is 0.500. The van der Waals surface area contributed by atoms with Gasteiger partial charge in [0.15, 0.2) is 0 Å². The molecule has 97 valence electrons. The Morgan fingerprint density at radius 2 is 2.06 bits per heavy atom. The van der Waals surface area contributed by atoms with Crippen LogP contribution < -0.4 is 4.74 Å². The van der Waals surface area contributed by atoms with Crippen LogP contribution in [0.15, 0.2) is 24.3 Å². The average molecular weight is 248 g/mol. The van der Waals surface area contributed by atoms with Gasteiger partial charge in [-0.1, -0.05) is 12.1 Å². The topological polar surface area (TPSA) is 38.8 Å². The summed E-state index contributed by atoms with van der Waals surface area (Å²) in [5.74, 6) is 1.02. The molecule has 1 aromatic rings. The lowest BCUT2D eigenvalue weighted by Gasteiger charge is -2.26. The van der Waals surface area contributed by atoms with Crippen LogP contribution in [0, 0.1) is 6.07 Å². The van der Waals surface area contributed by atoms with Gasteiger partial charge in [0.05, 0.1) is 19.8 Å². The standard InChI is InChI=1S/C14H18NO3/c16-14(15-8-11-17-12-9-15)7-4-10-18-13-5-2-1-3-6-13/h2-3,5-6H,4,7-12H2. The molecule has 1 saturated heterocycles. The van der Waals surface area contributed by atoms with Gasteiger partial charge >= 0.3 is 0 Å². The monoisotopic (exact) mass is 248 g/mol. The first-order valence-corrected chi connectivity index (χ1v) is 6.31. The normalized spacial score (nSPS) is 15.4. The van der Waals surface area contributed by atoms with E-state index in [0.717, 1.165) is 12.2 Å². The summed E-state index contributed by atoms with van der Waals surface area (Å²) in [7, 11) is 0. The van der Waals surface area contributed by atoms with Gasteiger partial charge in [0, 0.05) is 19.5 Å². The first-order valence-electron chi connectivity index (χ1n) is 6.31. The zero-order valence-corrected chi connectivity index (χ0v) is 10.4. The summed E-state index contributed by atoms with van der Waals surface area (Å²) in [5.41, 5.74) is 0. The summed E-state index contributed by atoms with van der Waals surface area (Å²) in [6.45, 7) is 3.31. The molecule has 2 rings (SSSR count). The lowest BCUT2D eigenvalue weighted by atomic mass is 10.2. The van der Waals surface area contributed by atoms with E-state index in [1.807, 2.05) is 29.2 Å². The van der Waals surface area contributed by atoms with Crippen LogP contribution in [0.25, 0.3) is 0 Å². The SMILES string of the molecule is O=C(CCCOc1cc[c]cc1)N1CCOCC1. The van der Waals surface area contributed by atoms with Gasteiger partial charge in [-0.15, -0.1) is 0 Å². The molecule has 0 unspecified atom stereocenters. The molecule has 1 radical (unpaired) electrons. The van der Waals surface area contributed by atoms with Gasteiger partial charge in [-0.3, -0.25) is 4.79 Å². The third kappa shape index (κ3) is 4.04. The van der Waals surface area contributed by atoms with E-state index in [0.29, 0.717) is 39.3 Å². The molecule has 1 aliphatic rings. The van der Waals surface area contributed by atoms with E-state index in [9.17, 15) is 4.79 Å². The smallest absolute Gasteiger partial charge is 0.222 e. The molecule has 0 aliphatic carbocycles. The van der Waals surface area contributed by atoms with Crippen LogP contribution in [0.4, 0.5) is 0 Å². The number of morpholine rings is 1. The summed E-state index contributed by atoms with van der Waals surface area (Å²) < 4.78 is 10.7. The maximum atomic E-state index is 11.8. The molecule has 0 N–H and O–H groups in total. The number of amides is 1. The summed E-state index contributed by atoms with van der Waals surface area (Å²) >= 11 is 0. The van der Waals surface area contributed by atoms with Crippen molar-refractivity contribution in [3.05, 3.63) is 30.3 Å². The van der Waals surface area contributed by atoms with Gasteiger partial charge in [-0.25, -0.2) is 0 Å². The average Bonchev–Trinajstić information content (AvgIpc) is 2.45. The van der Waals surface area contributed by atoms with Crippen molar-refractivity contribution >= 4 is 5.91 Å². The predicted molar refractivity (Wildman–Crippen MR) is 67.4 cm³/mol. The summed E-state index contributed by atoms with van der Waals surface area (Å²) in [5, 5.41) is 0. The van der Waals surface area contributed by atoms with Crippen molar-refractivity contribution in [1.29, 1.82) is 0 Å². The molecule has 0 aromatic heterocycles. The molecule has 1 aromatic carbocycles. The molecule has 0 bridgehead atoms. The Kier molecular flexibility index (Phi) is 5.02. The zero-order valence-electron chi connectivity index (χ0n) is 10.4. The highest BCUT2D eigenvalue weighted by molar-refractivity contribution is 5.76. The van der Waals surface area contributed by atoms with Crippen molar-refractivity contribution in [3.63, 3.8) is 0 Å². The molecular formula is C14H18NO3. The minimum Gasteiger partial charge on any atom is -0.494 e. The molecule has 1 fully saturated rings. The highest BCUT2D eigenvalue weighted by atomic mass is 16.5. The Balaban J connectivity index is 1.61. The third-order valence-corrected chi connectivity index (χ3v) is 2.86. The van der Waals surface area contributed by atoms with Gasteiger partial charge in [0.2, 0.25) is 5.91 Å².